The van der Waals surface area contributed by atoms with Crippen LogP contribution in [0.25, 0.3) is 0 Å². The molecule has 0 atom stereocenters. The van der Waals surface area contributed by atoms with Crippen LogP contribution in [0.4, 0.5) is 0 Å². The van der Waals surface area contributed by atoms with Gasteiger partial charge in [0.25, 0.3) is 0 Å². The van der Waals surface area contributed by atoms with Crippen LogP contribution in [-0.2, 0) is 6.54 Å². The van der Waals surface area contributed by atoms with E-state index in [2.05, 4.69) is 12.0 Å². The maximum absolute atomic E-state index is 6.13. The average Bonchev–Trinajstić information content (AvgIpc) is 2.81. The van der Waals surface area contributed by atoms with E-state index in [1.807, 2.05) is 24.4 Å². The fourth-order valence-corrected chi connectivity index (χ4v) is 2.12. The van der Waals surface area contributed by atoms with Gasteiger partial charge >= 0.3 is 0 Å². The molecule has 2 rings (SSSR count). The zero-order chi connectivity index (χ0) is 13.7. The first kappa shape index (κ1) is 14.2. The van der Waals surface area contributed by atoms with Gasteiger partial charge in [0.1, 0.15) is 0 Å². The summed E-state index contributed by atoms with van der Waals surface area (Å²) in [6.45, 7) is 3.44. The van der Waals surface area contributed by atoms with Crippen LogP contribution in [0.15, 0.2) is 30.5 Å². The number of unbranched alkanes of at least 4 members (excludes halogenated alkanes) is 1. The van der Waals surface area contributed by atoms with Gasteiger partial charge in [-0.25, -0.2) is 0 Å². The van der Waals surface area contributed by atoms with Crippen molar-refractivity contribution in [2.45, 2.75) is 26.3 Å². The van der Waals surface area contributed by atoms with Gasteiger partial charge in [0.15, 0.2) is 0 Å². The van der Waals surface area contributed by atoms with E-state index in [4.69, 9.17) is 27.9 Å². The molecule has 2 aromatic rings. The Kier molecular flexibility index (Phi) is 5.11. The molecule has 0 radical (unpaired) electrons. The van der Waals surface area contributed by atoms with E-state index in [0.717, 1.165) is 18.4 Å². The van der Waals surface area contributed by atoms with Gasteiger partial charge in [0.2, 0.25) is 5.88 Å². The molecule has 0 spiro atoms. The Hall–Kier alpha value is -1.19. The molecule has 1 aromatic heterocycles. The molecule has 1 heterocycles. The van der Waals surface area contributed by atoms with Gasteiger partial charge in [-0.2, -0.15) is 0 Å². The van der Waals surface area contributed by atoms with Crippen molar-refractivity contribution < 1.29 is 4.74 Å². The predicted octanol–water partition coefficient (Wildman–Crippen LogP) is 4.42. The van der Waals surface area contributed by atoms with Crippen molar-refractivity contribution >= 4 is 23.2 Å². The van der Waals surface area contributed by atoms with E-state index in [9.17, 15) is 0 Å². The number of hydrogen-bond donors (Lipinski definition) is 0. The lowest BCUT2D eigenvalue weighted by atomic mass is 10.2. The molecular weight excluding hydrogens is 283 g/mol. The number of ether oxygens (including phenoxy) is 1. The zero-order valence-corrected chi connectivity index (χ0v) is 12.3. The monoisotopic (exact) mass is 298 g/mol. The molecular formula is C14H16Cl2N2O. The Labute approximate surface area is 123 Å². The standard InChI is InChI=1S/C14H16Cl2N2O/c1-2-3-8-19-14-6-7-18(17-14)10-11-4-5-12(15)9-13(11)16/h4-7,9H,2-3,8,10H2,1H3. The highest BCUT2D eigenvalue weighted by atomic mass is 35.5. The number of rotatable bonds is 6. The smallest absolute Gasteiger partial charge is 0.232 e. The van der Waals surface area contributed by atoms with Gasteiger partial charge in [0, 0.05) is 22.3 Å². The van der Waals surface area contributed by atoms with Gasteiger partial charge in [-0.1, -0.05) is 42.6 Å². The van der Waals surface area contributed by atoms with E-state index < -0.39 is 0 Å². The second-order valence-electron chi connectivity index (χ2n) is 4.29. The molecule has 0 bridgehead atoms. The molecule has 0 amide bonds. The van der Waals surface area contributed by atoms with Crippen LogP contribution in [0.3, 0.4) is 0 Å². The quantitative estimate of drug-likeness (QED) is 0.738. The summed E-state index contributed by atoms with van der Waals surface area (Å²) < 4.78 is 7.33. The van der Waals surface area contributed by atoms with Gasteiger partial charge in [-0.05, 0) is 24.1 Å². The minimum atomic E-state index is 0.604. The molecule has 19 heavy (non-hydrogen) atoms. The molecule has 0 saturated heterocycles. The maximum atomic E-state index is 6.13. The summed E-state index contributed by atoms with van der Waals surface area (Å²) >= 11 is 12.0. The fourth-order valence-electron chi connectivity index (χ4n) is 1.65. The molecule has 0 aliphatic carbocycles. The molecule has 0 aliphatic rings. The van der Waals surface area contributed by atoms with Crippen LogP contribution in [0.2, 0.25) is 10.0 Å². The van der Waals surface area contributed by atoms with Crippen molar-refractivity contribution in [3.8, 4) is 5.88 Å². The van der Waals surface area contributed by atoms with Crippen LogP contribution in [0.1, 0.15) is 25.3 Å². The van der Waals surface area contributed by atoms with Gasteiger partial charge in [-0.3, -0.25) is 4.68 Å². The molecule has 5 heteroatoms. The lowest BCUT2D eigenvalue weighted by Gasteiger charge is -2.05. The minimum absolute atomic E-state index is 0.604. The summed E-state index contributed by atoms with van der Waals surface area (Å²) in [4.78, 5) is 0. The van der Waals surface area contributed by atoms with Crippen LogP contribution >= 0.6 is 23.2 Å². The van der Waals surface area contributed by atoms with Crippen molar-refractivity contribution in [2.75, 3.05) is 6.61 Å². The van der Waals surface area contributed by atoms with Crippen molar-refractivity contribution in [3.63, 3.8) is 0 Å². The minimum Gasteiger partial charge on any atom is -0.477 e. The summed E-state index contributed by atoms with van der Waals surface area (Å²) in [5.74, 6) is 0.651. The Morgan fingerprint density at radius 1 is 1.26 bits per heavy atom. The Morgan fingerprint density at radius 2 is 2.11 bits per heavy atom. The Morgan fingerprint density at radius 3 is 2.84 bits per heavy atom. The first-order valence-electron chi connectivity index (χ1n) is 6.29. The lowest BCUT2D eigenvalue weighted by Crippen LogP contribution is -2.02. The van der Waals surface area contributed by atoms with E-state index >= 15 is 0 Å². The summed E-state index contributed by atoms with van der Waals surface area (Å²) in [5, 5.41) is 5.63. The van der Waals surface area contributed by atoms with Gasteiger partial charge < -0.3 is 4.74 Å². The Balaban J connectivity index is 1.99. The molecule has 0 aliphatic heterocycles. The number of hydrogen-bond acceptors (Lipinski definition) is 2. The molecule has 102 valence electrons. The fraction of sp³-hybridized carbons (Fsp3) is 0.357. The molecule has 3 nitrogen and oxygen atoms in total. The second kappa shape index (κ2) is 6.83. The lowest BCUT2D eigenvalue weighted by molar-refractivity contribution is 0.294. The van der Waals surface area contributed by atoms with Crippen LogP contribution in [-0.4, -0.2) is 16.4 Å². The van der Waals surface area contributed by atoms with Crippen LogP contribution in [0, 0.1) is 0 Å². The summed E-state index contributed by atoms with van der Waals surface area (Å²) in [6, 6.07) is 7.33. The maximum Gasteiger partial charge on any atom is 0.232 e. The summed E-state index contributed by atoms with van der Waals surface area (Å²) in [7, 11) is 0. The van der Waals surface area contributed by atoms with Gasteiger partial charge in [0.05, 0.1) is 13.2 Å². The van der Waals surface area contributed by atoms with E-state index in [-0.39, 0.29) is 0 Å². The SMILES string of the molecule is CCCCOc1ccn(Cc2ccc(Cl)cc2Cl)n1. The first-order valence-corrected chi connectivity index (χ1v) is 7.05. The van der Waals surface area contributed by atoms with Crippen molar-refractivity contribution in [1.82, 2.24) is 9.78 Å². The number of halogens is 2. The largest absolute Gasteiger partial charge is 0.477 e. The normalized spacial score (nSPS) is 10.7. The molecule has 0 saturated carbocycles. The Bertz CT molecular complexity index is 540. The number of aromatic nitrogens is 2. The van der Waals surface area contributed by atoms with Crippen molar-refractivity contribution in [1.29, 1.82) is 0 Å². The number of nitrogens with zero attached hydrogens (tertiary/aromatic N) is 2. The molecule has 1 aromatic carbocycles. The molecule has 0 unspecified atom stereocenters. The topological polar surface area (TPSA) is 27.1 Å². The zero-order valence-electron chi connectivity index (χ0n) is 10.8. The first-order chi connectivity index (χ1) is 9.19. The van der Waals surface area contributed by atoms with Gasteiger partial charge in [-0.15, -0.1) is 5.10 Å². The number of benzene rings is 1. The third-order valence-electron chi connectivity index (χ3n) is 2.71. The van der Waals surface area contributed by atoms with Crippen LogP contribution in [0.5, 0.6) is 5.88 Å². The van der Waals surface area contributed by atoms with Crippen molar-refractivity contribution in [2.24, 2.45) is 0 Å². The highest BCUT2D eigenvalue weighted by Gasteiger charge is 2.04. The predicted molar refractivity (Wildman–Crippen MR) is 78.2 cm³/mol. The van der Waals surface area contributed by atoms with E-state index in [1.165, 1.54) is 0 Å². The third-order valence-corrected chi connectivity index (χ3v) is 3.30. The highest BCUT2D eigenvalue weighted by Crippen LogP contribution is 2.22. The second-order valence-corrected chi connectivity index (χ2v) is 5.13. The molecule has 0 N–H and O–H groups in total. The summed E-state index contributed by atoms with van der Waals surface area (Å²) in [6.07, 6.45) is 4.03. The third kappa shape index (κ3) is 4.15. The average molecular weight is 299 g/mol. The van der Waals surface area contributed by atoms with Crippen molar-refractivity contribution in [3.05, 3.63) is 46.1 Å². The van der Waals surface area contributed by atoms with E-state index in [1.54, 1.807) is 10.7 Å². The van der Waals surface area contributed by atoms with Crippen LogP contribution < -0.4 is 4.74 Å². The molecule has 0 fully saturated rings. The highest BCUT2D eigenvalue weighted by molar-refractivity contribution is 6.35. The summed E-state index contributed by atoms with van der Waals surface area (Å²) in [5.41, 5.74) is 0.981. The van der Waals surface area contributed by atoms with E-state index in [0.29, 0.717) is 29.1 Å².